The van der Waals surface area contributed by atoms with Crippen molar-refractivity contribution in [2.24, 2.45) is 5.92 Å². The first-order chi connectivity index (χ1) is 12.5. The average molecular weight is 360 g/mol. The topological polar surface area (TPSA) is 89.7 Å². The summed E-state index contributed by atoms with van der Waals surface area (Å²) in [5.74, 6) is 1.50. The lowest BCUT2D eigenvalue weighted by Gasteiger charge is -2.10. The molecule has 0 bridgehead atoms. The molecule has 1 amide bonds. The van der Waals surface area contributed by atoms with E-state index in [1.54, 1.807) is 31.4 Å². The van der Waals surface area contributed by atoms with E-state index < -0.39 is 0 Å². The molecule has 2 aromatic rings. The van der Waals surface area contributed by atoms with Crippen molar-refractivity contribution in [2.45, 2.75) is 20.4 Å². The summed E-state index contributed by atoms with van der Waals surface area (Å²) in [6, 6.07) is 8.42. The fraction of sp³-hybridized carbons (Fsp3) is 0.368. The number of H-pyrrole nitrogens is 1. The van der Waals surface area contributed by atoms with Gasteiger partial charge >= 0.3 is 0 Å². The van der Waals surface area contributed by atoms with Gasteiger partial charge in [0.2, 0.25) is 5.43 Å². The normalized spacial score (nSPS) is 10.5. The molecule has 2 rings (SSSR count). The molecule has 0 saturated carbocycles. The maximum atomic E-state index is 12.0. The standard InChI is InChI=1S/C19H24N2O5/c1-13(2)11-26-18-10-20-14(7-17(18)22)9-21-19(23)12-25-16-6-4-5-15(8-16)24-3/h4-8,10,13H,9,11-12H2,1-3H3,(H,20,22)(H,21,23). The van der Waals surface area contributed by atoms with Crippen LogP contribution in [0.3, 0.4) is 0 Å². The lowest BCUT2D eigenvalue weighted by Crippen LogP contribution is -2.29. The van der Waals surface area contributed by atoms with Crippen molar-refractivity contribution in [3.8, 4) is 17.2 Å². The first-order valence-corrected chi connectivity index (χ1v) is 8.36. The number of benzene rings is 1. The zero-order valence-corrected chi connectivity index (χ0v) is 15.2. The van der Waals surface area contributed by atoms with Crippen LogP contribution in [0.2, 0.25) is 0 Å². The summed E-state index contributed by atoms with van der Waals surface area (Å²) in [5, 5.41) is 2.69. The molecule has 0 aliphatic rings. The average Bonchev–Trinajstić information content (AvgIpc) is 2.64. The van der Waals surface area contributed by atoms with Gasteiger partial charge in [-0.25, -0.2) is 0 Å². The van der Waals surface area contributed by atoms with Gasteiger partial charge in [-0.3, -0.25) is 9.59 Å². The second-order valence-electron chi connectivity index (χ2n) is 6.14. The van der Waals surface area contributed by atoms with Gasteiger partial charge in [-0.15, -0.1) is 0 Å². The molecule has 1 aromatic carbocycles. The lowest BCUT2D eigenvalue weighted by atomic mass is 10.2. The number of hydrogen-bond acceptors (Lipinski definition) is 5. The molecule has 1 heterocycles. The zero-order valence-electron chi connectivity index (χ0n) is 15.2. The first kappa shape index (κ1) is 19.4. The van der Waals surface area contributed by atoms with Gasteiger partial charge < -0.3 is 24.5 Å². The molecule has 1 aromatic heterocycles. The van der Waals surface area contributed by atoms with Gasteiger partial charge in [-0.1, -0.05) is 19.9 Å². The van der Waals surface area contributed by atoms with Crippen LogP contribution in [-0.4, -0.2) is 31.2 Å². The van der Waals surface area contributed by atoms with Gasteiger partial charge in [0.1, 0.15) is 11.5 Å². The number of rotatable bonds is 9. The van der Waals surface area contributed by atoms with E-state index in [-0.39, 0.29) is 30.2 Å². The van der Waals surface area contributed by atoms with Crippen LogP contribution < -0.4 is 25.0 Å². The van der Waals surface area contributed by atoms with Crippen molar-refractivity contribution in [1.82, 2.24) is 10.3 Å². The largest absolute Gasteiger partial charge is 0.497 e. The van der Waals surface area contributed by atoms with E-state index in [2.05, 4.69) is 10.3 Å². The molecule has 0 atom stereocenters. The van der Waals surface area contributed by atoms with E-state index in [0.29, 0.717) is 29.7 Å². The van der Waals surface area contributed by atoms with Crippen molar-refractivity contribution in [1.29, 1.82) is 0 Å². The maximum Gasteiger partial charge on any atom is 0.258 e. The molecule has 0 spiro atoms. The Morgan fingerprint density at radius 2 is 1.96 bits per heavy atom. The maximum absolute atomic E-state index is 12.0. The molecule has 0 aliphatic heterocycles. The van der Waals surface area contributed by atoms with E-state index in [4.69, 9.17) is 14.2 Å². The fourth-order valence-corrected chi connectivity index (χ4v) is 2.06. The van der Waals surface area contributed by atoms with Crippen LogP contribution in [0.5, 0.6) is 17.2 Å². The molecule has 7 nitrogen and oxygen atoms in total. The highest BCUT2D eigenvalue weighted by Crippen LogP contribution is 2.18. The number of aromatic amines is 1. The molecule has 140 valence electrons. The minimum atomic E-state index is -0.297. The lowest BCUT2D eigenvalue weighted by molar-refractivity contribution is -0.123. The van der Waals surface area contributed by atoms with Crippen LogP contribution in [0.4, 0.5) is 0 Å². The van der Waals surface area contributed by atoms with Crippen LogP contribution in [0.1, 0.15) is 19.5 Å². The molecule has 2 N–H and O–H groups in total. The Morgan fingerprint density at radius 1 is 1.19 bits per heavy atom. The molecule has 0 radical (unpaired) electrons. The Hall–Kier alpha value is -2.96. The van der Waals surface area contributed by atoms with Crippen molar-refractivity contribution in [3.05, 3.63) is 52.4 Å². The Morgan fingerprint density at radius 3 is 2.65 bits per heavy atom. The third-order valence-corrected chi connectivity index (χ3v) is 3.40. The number of aromatic nitrogens is 1. The Kier molecular flexibility index (Phi) is 7.08. The van der Waals surface area contributed by atoms with Crippen LogP contribution in [0.25, 0.3) is 0 Å². The third kappa shape index (κ3) is 6.16. The molecular weight excluding hydrogens is 336 g/mol. The van der Waals surface area contributed by atoms with Gasteiger partial charge in [0.15, 0.2) is 12.4 Å². The molecule has 26 heavy (non-hydrogen) atoms. The Labute approximate surface area is 152 Å². The molecule has 0 saturated heterocycles. The van der Waals surface area contributed by atoms with Crippen LogP contribution in [0.15, 0.2) is 41.3 Å². The Bertz CT molecular complexity index is 785. The first-order valence-electron chi connectivity index (χ1n) is 8.36. The van der Waals surface area contributed by atoms with Crippen LogP contribution in [0, 0.1) is 5.92 Å². The summed E-state index contributed by atoms with van der Waals surface area (Å²) in [4.78, 5) is 26.8. The highest BCUT2D eigenvalue weighted by atomic mass is 16.5. The van der Waals surface area contributed by atoms with E-state index in [0.717, 1.165) is 0 Å². The van der Waals surface area contributed by atoms with E-state index in [9.17, 15) is 9.59 Å². The molecular formula is C19H24N2O5. The SMILES string of the molecule is COc1cccc(OCC(=O)NCc2cc(=O)c(OCC(C)C)c[nH]2)c1. The van der Waals surface area contributed by atoms with Gasteiger partial charge in [0.25, 0.3) is 5.91 Å². The summed E-state index contributed by atoms with van der Waals surface area (Å²) < 4.78 is 15.9. The monoisotopic (exact) mass is 360 g/mol. The smallest absolute Gasteiger partial charge is 0.258 e. The number of hydrogen-bond donors (Lipinski definition) is 2. The number of pyridine rings is 1. The van der Waals surface area contributed by atoms with Crippen molar-refractivity contribution in [2.75, 3.05) is 20.3 Å². The highest BCUT2D eigenvalue weighted by molar-refractivity contribution is 5.77. The number of carbonyl (C=O) groups is 1. The van der Waals surface area contributed by atoms with Gasteiger partial charge in [0.05, 0.1) is 20.3 Å². The number of ether oxygens (including phenoxy) is 3. The van der Waals surface area contributed by atoms with E-state index >= 15 is 0 Å². The molecule has 0 fully saturated rings. The van der Waals surface area contributed by atoms with Crippen LogP contribution >= 0.6 is 0 Å². The van der Waals surface area contributed by atoms with Gasteiger partial charge in [0, 0.05) is 24.0 Å². The molecule has 0 unspecified atom stereocenters. The minimum absolute atomic E-state index is 0.132. The molecule has 7 heteroatoms. The van der Waals surface area contributed by atoms with E-state index in [1.807, 2.05) is 13.8 Å². The third-order valence-electron chi connectivity index (χ3n) is 3.40. The van der Waals surface area contributed by atoms with Gasteiger partial charge in [-0.05, 0) is 18.1 Å². The number of methoxy groups -OCH3 is 1. The summed E-state index contributed by atoms with van der Waals surface area (Å²) >= 11 is 0. The predicted molar refractivity (Wildman–Crippen MR) is 97.7 cm³/mol. The summed E-state index contributed by atoms with van der Waals surface area (Å²) in [7, 11) is 1.56. The second kappa shape index (κ2) is 9.50. The number of amides is 1. The van der Waals surface area contributed by atoms with Crippen molar-refractivity contribution in [3.63, 3.8) is 0 Å². The zero-order chi connectivity index (χ0) is 18.9. The predicted octanol–water partition coefficient (Wildman–Crippen LogP) is 2.11. The number of carbonyl (C=O) groups excluding carboxylic acids is 1. The van der Waals surface area contributed by atoms with Gasteiger partial charge in [-0.2, -0.15) is 0 Å². The van der Waals surface area contributed by atoms with E-state index in [1.165, 1.54) is 12.3 Å². The minimum Gasteiger partial charge on any atom is -0.497 e. The van der Waals surface area contributed by atoms with Crippen molar-refractivity contribution >= 4 is 5.91 Å². The van der Waals surface area contributed by atoms with Crippen LogP contribution in [-0.2, 0) is 11.3 Å². The quantitative estimate of drug-likeness (QED) is 0.715. The summed E-state index contributed by atoms with van der Waals surface area (Å²) in [5.41, 5.74) is 0.364. The second-order valence-corrected chi connectivity index (χ2v) is 6.14. The number of nitrogens with one attached hydrogen (secondary N) is 2. The summed E-state index contributed by atoms with van der Waals surface area (Å²) in [6.45, 7) is 4.55. The van der Waals surface area contributed by atoms with Crippen molar-refractivity contribution < 1.29 is 19.0 Å². The molecule has 0 aliphatic carbocycles. The Balaban J connectivity index is 1.81. The highest BCUT2D eigenvalue weighted by Gasteiger charge is 2.07. The summed E-state index contributed by atoms with van der Waals surface area (Å²) in [6.07, 6.45) is 1.51. The fourth-order valence-electron chi connectivity index (χ4n) is 2.06.